The third kappa shape index (κ3) is 5.08. The zero-order valence-corrected chi connectivity index (χ0v) is 16.8. The molecule has 29 heavy (non-hydrogen) atoms. The van der Waals surface area contributed by atoms with Crippen molar-refractivity contribution in [3.05, 3.63) is 75.6 Å². The molecule has 0 spiro atoms. The van der Waals surface area contributed by atoms with Crippen LogP contribution in [0.1, 0.15) is 21.7 Å². The van der Waals surface area contributed by atoms with Crippen LogP contribution in [-0.2, 0) is 0 Å². The Morgan fingerprint density at radius 3 is 2.31 bits per heavy atom. The van der Waals surface area contributed by atoms with Gasteiger partial charge < -0.3 is 10.1 Å². The van der Waals surface area contributed by atoms with Gasteiger partial charge in [0.2, 0.25) is 0 Å². The van der Waals surface area contributed by atoms with E-state index >= 15 is 0 Å². The molecule has 8 nitrogen and oxygen atoms in total. The number of nitro benzene ring substituents is 1. The standard InChI is InChI=1S/C20H18N4O4S/c1-12-10-13(2)22-20(21-12)29-16-7-5-15(6-8-16)23-19(25)14-4-9-18(28-3)17(11-14)24(26)27/h4-11H,1-3H3,(H,23,25). The number of hydrogen-bond donors (Lipinski definition) is 1. The number of nitrogens with one attached hydrogen (secondary N) is 1. The highest BCUT2D eigenvalue weighted by Gasteiger charge is 2.18. The molecule has 1 heterocycles. The first-order valence-electron chi connectivity index (χ1n) is 8.59. The molecule has 0 unspecified atom stereocenters. The van der Waals surface area contributed by atoms with Crippen molar-refractivity contribution in [1.82, 2.24) is 9.97 Å². The predicted molar refractivity (Wildman–Crippen MR) is 110 cm³/mol. The lowest BCUT2D eigenvalue weighted by molar-refractivity contribution is -0.385. The van der Waals surface area contributed by atoms with Crippen molar-refractivity contribution in [1.29, 1.82) is 0 Å². The second kappa shape index (κ2) is 8.70. The van der Waals surface area contributed by atoms with Gasteiger partial charge in [-0.2, -0.15) is 0 Å². The van der Waals surface area contributed by atoms with Crippen molar-refractivity contribution in [2.45, 2.75) is 23.9 Å². The lowest BCUT2D eigenvalue weighted by Gasteiger charge is -2.08. The number of nitrogens with zero attached hydrogens (tertiary/aromatic N) is 3. The molecular weight excluding hydrogens is 392 g/mol. The fraction of sp³-hybridized carbons (Fsp3) is 0.150. The van der Waals surface area contributed by atoms with Gasteiger partial charge in [0.1, 0.15) is 0 Å². The number of aromatic nitrogens is 2. The molecule has 0 radical (unpaired) electrons. The number of benzene rings is 2. The Hall–Kier alpha value is -3.46. The summed E-state index contributed by atoms with van der Waals surface area (Å²) in [6, 6.07) is 13.2. The van der Waals surface area contributed by atoms with Crippen molar-refractivity contribution in [2.24, 2.45) is 0 Å². The van der Waals surface area contributed by atoms with Gasteiger partial charge in [-0.15, -0.1) is 0 Å². The van der Waals surface area contributed by atoms with E-state index in [0.29, 0.717) is 10.8 Å². The highest BCUT2D eigenvalue weighted by Crippen LogP contribution is 2.29. The SMILES string of the molecule is COc1ccc(C(=O)Nc2ccc(Sc3nc(C)cc(C)n3)cc2)cc1[N+](=O)[O-]. The van der Waals surface area contributed by atoms with Crippen LogP contribution in [0.5, 0.6) is 5.75 Å². The van der Waals surface area contributed by atoms with E-state index in [-0.39, 0.29) is 17.0 Å². The summed E-state index contributed by atoms with van der Waals surface area (Å²) in [4.78, 5) is 32.7. The van der Waals surface area contributed by atoms with Crippen LogP contribution in [-0.4, -0.2) is 27.9 Å². The molecule has 3 rings (SSSR count). The van der Waals surface area contributed by atoms with Gasteiger partial charge >= 0.3 is 5.69 Å². The van der Waals surface area contributed by atoms with E-state index < -0.39 is 10.8 Å². The maximum atomic E-state index is 12.4. The normalized spacial score (nSPS) is 10.4. The summed E-state index contributed by atoms with van der Waals surface area (Å²) in [6.45, 7) is 3.84. The largest absolute Gasteiger partial charge is 0.490 e. The summed E-state index contributed by atoms with van der Waals surface area (Å²) in [5.41, 5.74) is 2.27. The van der Waals surface area contributed by atoms with E-state index in [1.807, 2.05) is 32.0 Å². The minimum absolute atomic E-state index is 0.0986. The van der Waals surface area contributed by atoms with Gasteiger partial charge in [0.25, 0.3) is 5.91 Å². The molecule has 0 fully saturated rings. The van der Waals surface area contributed by atoms with Crippen LogP contribution in [0.15, 0.2) is 58.6 Å². The highest BCUT2D eigenvalue weighted by molar-refractivity contribution is 7.99. The summed E-state index contributed by atoms with van der Waals surface area (Å²) < 4.78 is 4.95. The Balaban J connectivity index is 1.71. The molecule has 9 heteroatoms. The third-order valence-corrected chi connectivity index (χ3v) is 4.79. The van der Waals surface area contributed by atoms with Gasteiger partial charge in [-0.1, -0.05) is 0 Å². The Morgan fingerprint density at radius 1 is 1.07 bits per heavy atom. The van der Waals surface area contributed by atoms with Crippen LogP contribution >= 0.6 is 11.8 Å². The van der Waals surface area contributed by atoms with E-state index in [1.165, 1.54) is 37.1 Å². The molecule has 0 aliphatic carbocycles. The average molecular weight is 410 g/mol. The van der Waals surface area contributed by atoms with Crippen molar-refractivity contribution < 1.29 is 14.5 Å². The van der Waals surface area contributed by atoms with Gasteiger partial charge in [0, 0.05) is 33.6 Å². The molecular formula is C20H18N4O4S. The Labute approximate surface area is 171 Å². The molecule has 1 amide bonds. The lowest BCUT2D eigenvalue weighted by atomic mass is 10.1. The smallest absolute Gasteiger partial charge is 0.311 e. The topological polar surface area (TPSA) is 107 Å². The monoisotopic (exact) mass is 410 g/mol. The molecule has 0 saturated heterocycles. The fourth-order valence-electron chi connectivity index (χ4n) is 2.63. The predicted octanol–water partition coefficient (Wildman–Crippen LogP) is 4.41. The molecule has 3 aromatic rings. The number of hydrogen-bond acceptors (Lipinski definition) is 7. The molecule has 0 bridgehead atoms. The van der Waals surface area contributed by atoms with Crippen LogP contribution in [0.2, 0.25) is 0 Å². The third-order valence-electron chi connectivity index (χ3n) is 3.92. The molecule has 2 aromatic carbocycles. The number of ether oxygens (including phenoxy) is 1. The second-order valence-electron chi connectivity index (χ2n) is 6.16. The maximum absolute atomic E-state index is 12.4. The highest BCUT2D eigenvalue weighted by atomic mass is 32.2. The van der Waals surface area contributed by atoms with Crippen LogP contribution in [0.25, 0.3) is 0 Å². The minimum atomic E-state index is -0.587. The zero-order valence-electron chi connectivity index (χ0n) is 16.0. The van der Waals surface area contributed by atoms with E-state index in [4.69, 9.17) is 4.74 Å². The maximum Gasteiger partial charge on any atom is 0.311 e. The van der Waals surface area contributed by atoms with E-state index in [1.54, 1.807) is 12.1 Å². The molecule has 0 atom stereocenters. The van der Waals surface area contributed by atoms with Crippen molar-refractivity contribution in [3.8, 4) is 5.75 Å². The quantitative estimate of drug-likeness (QED) is 0.364. The number of carbonyl (C=O) groups excluding carboxylic acids is 1. The van der Waals surface area contributed by atoms with Crippen LogP contribution in [0.4, 0.5) is 11.4 Å². The van der Waals surface area contributed by atoms with E-state index in [2.05, 4.69) is 15.3 Å². The molecule has 0 aliphatic heterocycles. The summed E-state index contributed by atoms with van der Waals surface area (Å²) in [6.07, 6.45) is 0. The van der Waals surface area contributed by atoms with Crippen molar-refractivity contribution in [2.75, 3.05) is 12.4 Å². The Morgan fingerprint density at radius 2 is 1.72 bits per heavy atom. The van der Waals surface area contributed by atoms with Crippen LogP contribution in [0.3, 0.4) is 0 Å². The molecule has 0 aliphatic rings. The molecule has 0 saturated carbocycles. The lowest BCUT2D eigenvalue weighted by Crippen LogP contribution is -2.12. The van der Waals surface area contributed by atoms with Gasteiger partial charge in [-0.05, 0) is 68.1 Å². The van der Waals surface area contributed by atoms with Crippen LogP contribution < -0.4 is 10.1 Å². The number of aryl methyl sites for hydroxylation is 2. The van der Waals surface area contributed by atoms with Gasteiger partial charge in [0.05, 0.1) is 12.0 Å². The Bertz CT molecular complexity index is 1050. The van der Waals surface area contributed by atoms with Gasteiger partial charge in [-0.3, -0.25) is 14.9 Å². The molecule has 1 aromatic heterocycles. The minimum Gasteiger partial charge on any atom is -0.490 e. The summed E-state index contributed by atoms with van der Waals surface area (Å²) >= 11 is 1.43. The molecule has 1 N–H and O–H groups in total. The van der Waals surface area contributed by atoms with Crippen molar-refractivity contribution in [3.63, 3.8) is 0 Å². The van der Waals surface area contributed by atoms with Gasteiger partial charge in [0.15, 0.2) is 10.9 Å². The summed E-state index contributed by atoms with van der Waals surface area (Å²) in [5, 5.41) is 14.5. The second-order valence-corrected chi connectivity index (χ2v) is 7.20. The number of carbonyl (C=O) groups is 1. The van der Waals surface area contributed by atoms with Gasteiger partial charge in [-0.25, -0.2) is 9.97 Å². The first-order chi connectivity index (χ1) is 13.9. The average Bonchev–Trinajstić information content (AvgIpc) is 2.68. The number of anilines is 1. The van der Waals surface area contributed by atoms with E-state index in [9.17, 15) is 14.9 Å². The number of methoxy groups -OCH3 is 1. The number of nitro groups is 1. The molecule has 148 valence electrons. The number of rotatable bonds is 6. The first-order valence-corrected chi connectivity index (χ1v) is 9.41. The number of amides is 1. The Kier molecular flexibility index (Phi) is 6.08. The van der Waals surface area contributed by atoms with Crippen molar-refractivity contribution >= 4 is 29.0 Å². The van der Waals surface area contributed by atoms with Crippen LogP contribution in [0, 0.1) is 24.0 Å². The zero-order chi connectivity index (χ0) is 21.0. The summed E-state index contributed by atoms with van der Waals surface area (Å²) in [5.74, 6) is -0.352. The first kappa shape index (κ1) is 20.3. The summed E-state index contributed by atoms with van der Waals surface area (Å²) in [7, 11) is 1.34. The van der Waals surface area contributed by atoms with E-state index in [0.717, 1.165) is 16.3 Å². The fourth-order valence-corrected chi connectivity index (χ4v) is 3.49.